The number of imidazole rings is 1. The number of rotatable bonds is 1. The number of hydrogen-bond acceptors (Lipinski definition) is 2. The van der Waals surface area contributed by atoms with Gasteiger partial charge in [0.25, 0.3) is 0 Å². The fourth-order valence-corrected chi connectivity index (χ4v) is 1.95. The van der Waals surface area contributed by atoms with E-state index in [9.17, 15) is 4.39 Å². The van der Waals surface area contributed by atoms with Crippen LogP contribution >= 0.6 is 11.6 Å². The maximum atomic E-state index is 13.8. The molecule has 0 saturated heterocycles. The summed E-state index contributed by atoms with van der Waals surface area (Å²) in [6.07, 6.45) is 1.62. The largest absolute Gasteiger partial charge is 0.383 e. The molecule has 3 nitrogen and oxygen atoms in total. The van der Waals surface area contributed by atoms with Gasteiger partial charge in [-0.3, -0.25) is 0 Å². The van der Waals surface area contributed by atoms with E-state index in [-0.39, 0.29) is 11.4 Å². The number of nitrogen functional groups attached to an aromatic ring is 1. The topological polar surface area (TPSA) is 43.8 Å². The van der Waals surface area contributed by atoms with Gasteiger partial charge in [-0.1, -0.05) is 11.6 Å². The van der Waals surface area contributed by atoms with Gasteiger partial charge in [0.2, 0.25) is 0 Å². The summed E-state index contributed by atoms with van der Waals surface area (Å²) in [5.74, 6) is 0.0499. The average Bonchev–Trinajstić information content (AvgIpc) is 2.63. The van der Waals surface area contributed by atoms with Gasteiger partial charge in [0.05, 0.1) is 6.33 Å². The number of anilines is 1. The van der Waals surface area contributed by atoms with Crippen LogP contribution in [0.3, 0.4) is 0 Å². The Bertz CT molecular complexity index is 584. The molecule has 0 atom stereocenters. The summed E-state index contributed by atoms with van der Waals surface area (Å²) in [5, 5.41) is 0.455. The van der Waals surface area contributed by atoms with Crippen molar-refractivity contribution in [1.82, 2.24) is 9.55 Å². The molecular formula is C13H15ClFN3. The van der Waals surface area contributed by atoms with Crippen LogP contribution < -0.4 is 5.73 Å². The van der Waals surface area contributed by atoms with Crippen LogP contribution in [0.15, 0.2) is 24.5 Å². The highest BCUT2D eigenvalue weighted by Gasteiger charge is 2.20. The van der Waals surface area contributed by atoms with Gasteiger partial charge in [0.1, 0.15) is 17.3 Å². The molecule has 0 spiro atoms. The van der Waals surface area contributed by atoms with E-state index in [0.29, 0.717) is 22.1 Å². The molecule has 0 aliphatic heterocycles. The van der Waals surface area contributed by atoms with E-state index in [0.717, 1.165) is 0 Å². The summed E-state index contributed by atoms with van der Waals surface area (Å²) in [4.78, 5) is 4.19. The Morgan fingerprint density at radius 3 is 2.56 bits per heavy atom. The third-order valence-corrected chi connectivity index (χ3v) is 2.95. The number of halogens is 2. The molecule has 0 unspecified atom stereocenters. The molecule has 0 aliphatic carbocycles. The summed E-state index contributed by atoms with van der Waals surface area (Å²) in [6, 6.07) is 4.34. The molecule has 1 heterocycles. The van der Waals surface area contributed by atoms with Crippen LogP contribution in [0.5, 0.6) is 0 Å². The SMILES string of the molecule is CC(C)(C)n1cnc(-c2cc(Cl)ccc2F)c1N. The molecule has 0 bridgehead atoms. The summed E-state index contributed by atoms with van der Waals surface area (Å²) in [5.41, 5.74) is 6.57. The summed E-state index contributed by atoms with van der Waals surface area (Å²) in [6.45, 7) is 6.01. The first-order valence-electron chi connectivity index (χ1n) is 5.59. The van der Waals surface area contributed by atoms with E-state index in [2.05, 4.69) is 4.98 Å². The van der Waals surface area contributed by atoms with Crippen LogP contribution in [0.1, 0.15) is 20.8 Å². The second-order valence-electron chi connectivity index (χ2n) is 5.14. The van der Waals surface area contributed by atoms with E-state index in [1.165, 1.54) is 18.2 Å². The predicted octanol–water partition coefficient (Wildman–Crippen LogP) is 3.68. The van der Waals surface area contributed by atoms with Crippen molar-refractivity contribution in [2.75, 3.05) is 5.73 Å². The maximum absolute atomic E-state index is 13.8. The quantitative estimate of drug-likeness (QED) is 0.857. The normalized spacial score (nSPS) is 11.8. The second-order valence-corrected chi connectivity index (χ2v) is 5.58. The van der Waals surface area contributed by atoms with Crippen LogP contribution in [-0.2, 0) is 5.54 Å². The van der Waals surface area contributed by atoms with Gasteiger partial charge < -0.3 is 10.3 Å². The highest BCUT2D eigenvalue weighted by atomic mass is 35.5. The summed E-state index contributed by atoms with van der Waals surface area (Å²) in [7, 11) is 0. The molecule has 2 rings (SSSR count). The second kappa shape index (κ2) is 4.28. The van der Waals surface area contributed by atoms with Crippen molar-refractivity contribution in [1.29, 1.82) is 0 Å². The van der Waals surface area contributed by atoms with E-state index in [4.69, 9.17) is 17.3 Å². The minimum Gasteiger partial charge on any atom is -0.383 e. The third kappa shape index (κ3) is 2.20. The molecule has 5 heteroatoms. The number of nitrogens with two attached hydrogens (primary N) is 1. The highest BCUT2D eigenvalue weighted by molar-refractivity contribution is 6.30. The van der Waals surface area contributed by atoms with E-state index >= 15 is 0 Å². The fraction of sp³-hybridized carbons (Fsp3) is 0.308. The molecule has 0 fully saturated rings. The zero-order valence-electron chi connectivity index (χ0n) is 10.5. The monoisotopic (exact) mass is 267 g/mol. The zero-order chi connectivity index (χ0) is 13.5. The van der Waals surface area contributed by atoms with Crippen LogP contribution in [0.4, 0.5) is 10.2 Å². The Balaban J connectivity index is 2.59. The molecule has 1 aromatic heterocycles. The van der Waals surface area contributed by atoms with Crippen LogP contribution in [0.2, 0.25) is 5.02 Å². The maximum Gasteiger partial charge on any atom is 0.132 e. The van der Waals surface area contributed by atoms with E-state index < -0.39 is 0 Å². The molecule has 2 N–H and O–H groups in total. The Hall–Kier alpha value is -1.55. The molecule has 0 amide bonds. The minimum atomic E-state index is -0.384. The molecule has 1 aromatic carbocycles. The standard InChI is InChI=1S/C13H15ClFN3/c1-13(2,3)18-7-17-11(12(18)16)9-6-8(14)4-5-10(9)15/h4-7H,16H2,1-3H3. The van der Waals surface area contributed by atoms with Crippen LogP contribution in [0.25, 0.3) is 11.3 Å². The highest BCUT2D eigenvalue weighted by Crippen LogP contribution is 2.31. The first-order valence-corrected chi connectivity index (χ1v) is 5.97. The molecule has 0 saturated carbocycles. The first kappa shape index (κ1) is 12.9. The number of benzene rings is 1. The number of hydrogen-bond donors (Lipinski definition) is 1. The zero-order valence-corrected chi connectivity index (χ0v) is 11.3. The van der Waals surface area contributed by atoms with Crippen molar-refractivity contribution < 1.29 is 4.39 Å². The van der Waals surface area contributed by atoms with Crippen molar-refractivity contribution in [3.05, 3.63) is 35.4 Å². The van der Waals surface area contributed by atoms with Crippen molar-refractivity contribution in [2.24, 2.45) is 0 Å². The van der Waals surface area contributed by atoms with Gasteiger partial charge in [-0.2, -0.15) is 0 Å². The Labute approximate surface area is 110 Å². The smallest absolute Gasteiger partial charge is 0.132 e. The lowest BCUT2D eigenvalue weighted by Crippen LogP contribution is -2.22. The van der Waals surface area contributed by atoms with Crippen molar-refractivity contribution in [3.63, 3.8) is 0 Å². The summed E-state index contributed by atoms with van der Waals surface area (Å²) < 4.78 is 15.6. The lowest BCUT2D eigenvalue weighted by atomic mass is 10.1. The Morgan fingerprint density at radius 1 is 1.33 bits per heavy atom. The predicted molar refractivity (Wildman–Crippen MR) is 72.0 cm³/mol. The van der Waals surface area contributed by atoms with Crippen molar-refractivity contribution in [2.45, 2.75) is 26.3 Å². The number of aromatic nitrogens is 2. The van der Waals surface area contributed by atoms with E-state index in [1.807, 2.05) is 25.3 Å². The van der Waals surface area contributed by atoms with Gasteiger partial charge in [0.15, 0.2) is 0 Å². The molecule has 0 radical (unpaired) electrons. The van der Waals surface area contributed by atoms with Crippen LogP contribution in [-0.4, -0.2) is 9.55 Å². The van der Waals surface area contributed by atoms with Gasteiger partial charge in [-0.25, -0.2) is 9.37 Å². The average molecular weight is 268 g/mol. The molecule has 18 heavy (non-hydrogen) atoms. The third-order valence-electron chi connectivity index (χ3n) is 2.71. The lowest BCUT2D eigenvalue weighted by molar-refractivity contribution is 0.402. The minimum absolute atomic E-state index is 0.204. The summed E-state index contributed by atoms with van der Waals surface area (Å²) >= 11 is 5.87. The van der Waals surface area contributed by atoms with Gasteiger partial charge in [-0.15, -0.1) is 0 Å². The first-order chi connectivity index (χ1) is 8.30. The molecule has 96 valence electrons. The molecular weight excluding hydrogens is 253 g/mol. The number of nitrogens with zero attached hydrogens (tertiary/aromatic N) is 2. The van der Waals surface area contributed by atoms with Crippen molar-refractivity contribution >= 4 is 17.4 Å². The van der Waals surface area contributed by atoms with Crippen molar-refractivity contribution in [3.8, 4) is 11.3 Å². The van der Waals surface area contributed by atoms with Gasteiger partial charge in [-0.05, 0) is 39.0 Å². The Kier molecular flexibility index (Phi) is 3.07. The van der Waals surface area contributed by atoms with E-state index in [1.54, 1.807) is 6.33 Å². The lowest BCUT2D eigenvalue weighted by Gasteiger charge is -2.22. The van der Waals surface area contributed by atoms with Gasteiger partial charge >= 0.3 is 0 Å². The molecule has 2 aromatic rings. The van der Waals surface area contributed by atoms with Gasteiger partial charge in [0, 0.05) is 16.1 Å². The molecule has 0 aliphatic rings. The fourth-order valence-electron chi connectivity index (χ4n) is 1.78. The Morgan fingerprint density at radius 2 is 2.00 bits per heavy atom. The van der Waals surface area contributed by atoms with Crippen LogP contribution in [0, 0.1) is 5.82 Å².